The van der Waals surface area contributed by atoms with Gasteiger partial charge >= 0.3 is 0 Å². The minimum Gasteiger partial charge on any atom is -0.392 e. The summed E-state index contributed by atoms with van der Waals surface area (Å²) in [5, 5.41) is 9.17. The molecule has 76 valence electrons. The zero-order valence-corrected chi connectivity index (χ0v) is 10.1. The van der Waals surface area contributed by atoms with Crippen LogP contribution in [-0.2, 0) is 0 Å². The number of benzene rings is 1. The number of hydrogen-bond donors (Lipinski definition) is 1. The van der Waals surface area contributed by atoms with Gasteiger partial charge in [-0.25, -0.2) is 0 Å². The average Bonchev–Trinajstić information content (AvgIpc) is 2.16. The molecule has 0 spiro atoms. The van der Waals surface area contributed by atoms with E-state index in [1.54, 1.807) is 0 Å². The van der Waals surface area contributed by atoms with Crippen LogP contribution in [0, 0.1) is 5.92 Å². The van der Waals surface area contributed by atoms with Crippen LogP contribution in [0.3, 0.4) is 0 Å². The van der Waals surface area contributed by atoms with Crippen LogP contribution >= 0.6 is 15.9 Å². The van der Waals surface area contributed by atoms with Gasteiger partial charge in [0, 0.05) is 4.47 Å². The van der Waals surface area contributed by atoms with E-state index in [-0.39, 0.29) is 6.61 Å². The Morgan fingerprint density at radius 3 is 2.57 bits per heavy atom. The summed E-state index contributed by atoms with van der Waals surface area (Å²) >= 11 is 3.48. The fourth-order valence-electron chi connectivity index (χ4n) is 1.19. The fraction of sp³-hybridized carbons (Fsp3) is 0.333. The van der Waals surface area contributed by atoms with Gasteiger partial charge in [-0.2, -0.15) is 0 Å². The Morgan fingerprint density at radius 1 is 1.43 bits per heavy atom. The predicted molar refractivity (Wildman–Crippen MR) is 64.0 cm³/mol. The molecule has 0 saturated heterocycles. The van der Waals surface area contributed by atoms with Crippen LogP contribution in [0.25, 0.3) is 6.08 Å². The summed E-state index contributed by atoms with van der Waals surface area (Å²) in [6.45, 7) is 4.29. The zero-order valence-electron chi connectivity index (χ0n) is 8.50. The van der Waals surface area contributed by atoms with E-state index in [1.165, 1.54) is 0 Å². The molecule has 0 amide bonds. The molecule has 1 aromatic carbocycles. The lowest BCUT2D eigenvalue weighted by Crippen LogP contribution is -1.98. The third-order valence-electron chi connectivity index (χ3n) is 2.17. The molecule has 0 aliphatic heterocycles. The van der Waals surface area contributed by atoms with Crippen molar-refractivity contribution in [2.75, 3.05) is 6.61 Å². The van der Waals surface area contributed by atoms with E-state index in [9.17, 15) is 0 Å². The van der Waals surface area contributed by atoms with Gasteiger partial charge in [0.2, 0.25) is 0 Å². The zero-order chi connectivity index (χ0) is 10.6. The minimum absolute atomic E-state index is 0.124. The molecule has 0 atom stereocenters. The maximum atomic E-state index is 9.17. The number of aliphatic hydroxyl groups excluding tert-OH is 1. The molecule has 1 nitrogen and oxygen atoms in total. The van der Waals surface area contributed by atoms with Crippen LogP contribution in [-0.4, -0.2) is 11.7 Å². The molecule has 0 fully saturated rings. The Kier molecular flexibility index (Phi) is 4.36. The standard InChI is InChI=1S/C12H15BrO/c1-9(2)11(8-14)7-10-5-3-4-6-12(10)13/h3-7,9,14H,8H2,1-2H3. The third-order valence-corrected chi connectivity index (χ3v) is 2.89. The molecule has 1 aromatic rings. The normalized spacial score (nSPS) is 12.2. The maximum Gasteiger partial charge on any atom is 0.0647 e. The van der Waals surface area contributed by atoms with Crippen LogP contribution in [0.5, 0.6) is 0 Å². The van der Waals surface area contributed by atoms with Crippen LogP contribution in [0.1, 0.15) is 19.4 Å². The van der Waals surface area contributed by atoms with Crippen molar-refractivity contribution in [1.82, 2.24) is 0 Å². The topological polar surface area (TPSA) is 20.2 Å². The lowest BCUT2D eigenvalue weighted by atomic mass is 10.0. The van der Waals surface area contributed by atoms with Crippen molar-refractivity contribution in [3.8, 4) is 0 Å². The molecule has 2 heteroatoms. The van der Waals surface area contributed by atoms with Crippen molar-refractivity contribution in [3.63, 3.8) is 0 Å². The molecular weight excluding hydrogens is 240 g/mol. The molecule has 0 saturated carbocycles. The number of rotatable bonds is 3. The highest BCUT2D eigenvalue weighted by molar-refractivity contribution is 9.10. The first-order chi connectivity index (χ1) is 6.65. The third kappa shape index (κ3) is 2.96. The Labute approximate surface area is 93.6 Å². The van der Waals surface area contributed by atoms with Gasteiger partial charge in [-0.1, -0.05) is 54.1 Å². The number of aliphatic hydroxyl groups is 1. The van der Waals surface area contributed by atoms with Gasteiger partial charge < -0.3 is 5.11 Å². The SMILES string of the molecule is CC(C)C(=Cc1ccccc1Br)CO. The van der Waals surface area contributed by atoms with Crippen molar-refractivity contribution in [2.45, 2.75) is 13.8 Å². The van der Waals surface area contributed by atoms with Gasteiger partial charge in [0.15, 0.2) is 0 Å². The van der Waals surface area contributed by atoms with E-state index >= 15 is 0 Å². The monoisotopic (exact) mass is 254 g/mol. The highest BCUT2D eigenvalue weighted by Crippen LogP contribution is 2.21. The van der Waals surface area contributed by atoms with Crippen LogP contribution in [0.2, 0.25) is 0 Å². The van der Waals surface area contributed by atoms with Gasteiger partial charge in [-0.3, -0.25) is 0 Å². The molecule has 0 heterocycles. The van der Waals surface area contributed by atoms with Gasteiger partial charge in [-0.05, 0) is 23.1 Å². The van der Waals surface area contributed by atoms with Crippen molar-refractivity contribution in [1.29, 1.82) is 0 Å². The predicted octanol–water partition coefficient (Wildman–Crippen LogP) is 3.48. The minimum atomic E-state index is 0.124. The second-order valence-electron chi connectivity index (χ2n) is 3.55. The molecule has 0 unspecified atom stereocenters. The van der Waals surface area contributed by atoms with Gasteiger partial charge in [0.1, 0.15) is 0 Å². The smallest absolute Gasteiger partial charge is 0.0647 e. The van der Waals surface area contributed by atoms with E-state index in [1.807, 2.05) is 30.3 Å². The average molecular weight is 255 g/mol. The fourth-order valence-corrected chi connectivity index (χ4v) is 1.59. The molecule has 1 rings (SSSR count). The first kappa shape index (κ1) is 11.5. The van der Waals surface area contributed by atoms with Crippen molar-refractivity contribution >= 4 is 22.0 Å². The van der Waals surface area contributed by atoms with Gasteiger partial charge in [-0.15, -0.1) is 0 Å². The van der Waals surface area contributed by atoms with Gasteiger partial charge in [0.25, 0.3) is 0 Å². The van der Waals surface area contributed by atoms with Crippen LogP contribution in [0.15, 0.2) is 34.3 Å². The van der Waals surface area contributed by atoms with E-state index in [2.05, 4.69) is 29.8 Å². The molecule has 14 heavy (non-hydrogen) atoms. The van der Waals surface area contributed by atoms with Crippen molar-refractivity contribution < 1.29 is 5.11 Å². The van der Waals surface area contributed by atoms with Crippen LogP contribution in [0.4, 0.5) is 0 Å². The molecular formula is C12H15BrO. The largest absolute Gasteiger partial charge is 0.392 e. The van der Waals surface area contributed by atoms with E-state index in [0.717, 1.165) is 15.6 Å². The van der Waals surface area contributed by atoms with Gasteiger partial charge in [0.05, 0.1) is 6.61 Å². The van der Waals surface area contributed by atoms with Crippen molar-refractivity contribution in [3.05, 3.63) is 39.9 Å². The summed E-state index contributed by atoms with van der Waals surface area (Å²) in [7, 11) is 0. The highest BCUT2D eigenvalue weighted by Gasteiger charge is 2.02. The summed E-state index contributed by atoms with van der Waals surface area (Å²) in [6, 6.07) is 8.00. The Bertz CT molecular complexity index is 329. The summed E-state index contributed by atoms with van der Waals surface area (Å²) in [6.07, 6.45) is 2.04. The molecule has 0 bridgehead atoms. The number of hydrogen-bond acceptors (Lipinski definition) is 1. The molecule has 1 N–H and O–H groups in total. The van der Waals surface area contributed by atoms with Crippen molar-refractivity contribution in [2.24, 2.45) is 5.92 Å². The first-order valence-electron chi connectivity index (χ1n) is 4.71. The second kappa shape index (κ2) is 5.32. The number of halogens is 1. The van der Waals surface area contributed by atoms with E-state index in [0.29, 0.717) is 5.92 Å². The Balaban J connectivity index is 3.00. The first-order valence-corrected chi connectivity index (χ1v) is 5.50. The molecule has 0 radical (unpaired) electrons. The lowest BCUT2D eigenvalue weighted by Gasteiger charge is -2.08. The molecule has 0 aromatic heterocycles. The molecule has 0 aliphatic rings. The van der Waals surface area contributed by atoms with Crippen LogP contribution < -0.4 is 0 Å². The van der Waals surface area contributed by atoms with E-state index < -0.39 is 0 Å². The summed E-state index contributed by atoms with van der Waals surface area (Å²) in [4.78, 5) is 0. The summed E-state index contributed by atoms with van der Waals surface area (Å²) < 4.78 is 1.06. The highest BCUT2D eigenvalue weighted by atomic mass is 79.9. The van der Waals surface area contributed by atoms with E-state index in [4.69, 9.17) is 5.11 Å². The summed E-state index contributed by atoms with van der Waals surface area (Å²) in [5.74, 6) is 0.382. The quantitative estimate of drug-likeness (QED) is 0.876. The lowest BCUT2D eigenvalue weighted by molar-refractivity contribution is 0.320. The summed E-state index contributed by atoms with van der Waals surface area (Å²) in [5.41, 5.74) is 2.17. The Morgan fingerprint density at radius 2 is 2.07 bits per heavy atom. The molecule has 0 aliphatic carbocycles. The Hall–Kier alpha value is -0.600. The second-order valence-corrected chi connectivity index (χ2v) is 4.41. The maximum absolute atomic E-state index is 9.17.